The van der Waals surface area contributed by atoms with Gasteiger partial charge in [-0.1, -0.05) is 5.16 Å². The van der Waals surface area contributed by atoms with Crippen LogP contribution in [0.2, 0.25) is 0 Å². The summed E-state index contributed by atoms with van der Waals surface area (Å²) >= 11 is 0. The molecule has 0 aliphatic rings. The van der Waals surface area contributed by atoms with Crippen molar-refractivity contribution in [1.29, 1.82) is 0 Å². The van der Waals surface area contributed by atoms with Gasteiger partial charge >= 0.3 is 0 Å². The zero-order chi connectivity index (χ0) is 14.6. The van der Waals surface area contributed by atoms with Gasteiger partial charge in [-0.3, -0.25) is 4.79 Å². The van der Waals surface area contributed by atoms with E-state index in [1.54, 1.807) is 19.1 Å². The van der Waals surface area contributed by atoms with Gasteiger partial charge in [-0.05, 0) is 25.1 Å². The molecule has 0 unspecified atom stereocenters. The molecule has 0 atom stereocenters. The molecule has 0 aliphatic carbocycles. The van der Waals surface area contributed by atoms with Crippen molar-refractivity contribution in [2.75, 3.05) is 0 Å². The molecular formula is C12H12N2O5S. The first-order valence-corrected chi connectivity index (χ1v) is 7.28. The molecule has 2 aromatic heterocycles. The van der Waals surface area contributed by atoms with Crippen LogP contribution in [0.5, 0.6) is 0 Å². The Bertz CT molecular complexity index is 713. The first-order valence-electron chi connectivity index (χ1n) is 5.63. The minimum Gasteiger partial charge on any atom is -0.462 e. The third-order valence-electron chi connectivity index (χ3n) is 2.25. The highest BCUT2D eigenvalue weighted by atomic mass is 32.2. The topological polar surface area (TPSA) is 102 Å². The summed E-state index contributed by atoms with van der Waals surface area (Å²) in [5, 5.41) is 3.47. The van der Waals surface area contributed by atoms with Crippen molar-refractivity contribution in [3.05, 3.63) is 47.8 Å². The zero-order valence-corrected chi connectivity index (χ0v) is 11.4. The summed E-state index contributed by atoms with van der Waals surface area (Å²) < 4.78 is 34.9. The maximum Gasteiger partial charge on any atom is 0.257 e. The van der Waals surface area contributed by atoms with Gasteiger partial charge in [0.1, 0.15) is 29.2 Å². The molecule has 0 saturated carbocycles. The first-order chi connectivity index (χ1) is 9.44. The predicted molar refractivity (Wildman–Crippen MR) is 69.7 cm³/mol. The molecule has 7 nitrogen and oxygen atoms in total. The van der Waals surface area contributed by atoms with E-state index in [0.29, 0.717) is 11.5 Å². The van der Waals surface area contributed by atoms with E-state index in [-0.39, 0.29) is 5.69 Å². The molecular weight excluding hydrogens is 284 g/mol. The number of hydrogen-bond acceptors (Lipinski definition) is 6. The number of aromatic nitrogens is 1. The lowest BCUT2D eigenvalue weighted by Gasteiger charge is -2.01. The van der Waals surface area contributed by atoms with E-state index in [4.69, 9.17) is 4.42 Å². The van der Waals surface area contributed by atoms with Gasteiger partial charge in [0, 0.05) is 12.1 Å². The Morgan fingerprint density at radius 2 is 2.20 bits per heavy atom. The molecule has 8 heteroatoms. The molecule has 20 heavy (non-hydrogen) atoms. The second-order valence-corrected chi connectivity index (χ2v) is 5.72. The number of rotatable bonds is 5. The highest BCUT2D eigenvalue weighted by Gasteiger charge is 2.15. The number of aryl methyl sites for hydroxylation is 1. The van der Waals surface area contributed by atoms with Crippen LogP contribution in [0.3, 0.4) is 0 Å². The summed E-state index contributed by atoms with van der Waals surface area (Å²) in [6, 6.07) is 4.81. The van der Waals surface area contributed by atoms with E-state index in [2.05, 4.69) is 9.68 Å². The van der Waals surface area contributed by atoms with Crippen LogP contribution in [0, 0.1) is 6.92 Å². The SMILES string of the molecule is Cc1ccc(/C=C/C(=O)NS(=O)(=O)Cc2ccon2)o1. The van der Waals surface area contributed by atoms with E-state index in [0.717, 1.165) is 6.08 Å². The van der Waals surface area contributed by atoms with Crippen LogP contribution in [-0.2, 0) is 20.6 Å². The van der Waals surface area contributed by atoms with Crippen LogP contribution >= 0.6 is 0 Å². The fraction of sp³-hybridized carbons (Fsp3) is 0.167. The summed E-state index contributed by atoms with van der Waals surface area (Å²) in [4.78, 5) is 11.5. The van der Waals surface area contributed by atoms with Crippen molar-refractivity contribution in [2.24, 2.45) is 0 Å². The Morgan fingerprint density at radius 1 is 1.40 bits per heavy atom. The molecule has 0 radical (unpaired) electrons. The molecule has 1 amide bonds. The average Bonchev–Trinajstić information content (AvgIpc) is 2.97. The number of hydrogen-bond donors (Lipinski definition) is 1. The number of furan rings is 1. The van der Waals surface area contributed by atoms with E-state index < -0.39 is 21.7 Å². The molecule has 0 spiro atoms. The Morgan fingerprint density at radius 3 is 2.80 bits per heavy atom. The minimum atomic E-state index is -3.81. The Kier molecular flexibility index (Phi) is 4.04. The van der Waals surface area contributed by atoms with Gasteiger partial charge in [0.25, 0.3) is 5.91 Å². The third-order valence-corrected chi connectivity index (χ3v) is 3.43. The highest BCUT2D eigenvalue weighted by molar-refractivity contribution is 7.89. The lowest BCUT2D eigenvalue weighted by Crippen LogP contribution is -2.30. The lowest BCUT2D eigenvalue weighted by molar-refractivity contribution is -0.114. The summed E-state index contributed by atoms with van der Waals surface area (Å²) in [7, 11) is -3.81. The van der Waals surface area contributed by atoms with Gasteiger partial charge < -0.3 is 8.94 Å². The zero-order valence-electron chi connectivity index (χ0n) is 10.6. The molecule has 0 aromatic carbocycles. The van der Waals surface area contributed by atoms with Gasteiger partial charge in [0.2, 0.25) is 10.0 Å². The van der Waals surface area contributed by atoms with Crippen molar-refractivity contribution in [3.8, 4) is 0 Å². The summed E-state index contributed by atoms with van der Waals surface area (Å²) in [6.45, 7) is 1.76. The molecule has 106 valence electrons. The van der Waals surface area contributed by atoms with Crippen LogP contribution in [-0.4, -0.2) is 19.5 Å². The standard InChI is InChI=1S/C12H12N2O5S/c1-9-2-3-11(19-9)4-5-12(15)14-20(16,17)8-10-6-7-18-13-10/h2-7H,8H2,1H3,(H,14,15)/b5-4+. The van der Waals surface area contributed by atoms with Gasteiger partial charge in [-0.2, -0.15) is 0 Å². The van der Waals surface area contributed by atoms with Crippen LogP contribution in [0.4, 0.5) is 0 Å². The van der Waals surface area contributed by atoms with Gasteiger partial charge in [0.05, 0.1) is 0 Å². The molecule has 0 fully saturated rings. The fourth-order valence-electron chi connectivity index (χ4n) is 1.43. The summed E-state index contributed by atoms with van der Waals surface area (Å²) in [5.74, 6) is -0.0269. The number of carbonyl (C=O) groups excluding carboxylic acids is 1. The van der Waals surface area contributed by atoms with Crippen LogP contribution in [0.25, 0.3) is 6.08 Å². The number of nitrogens with one attached hydrogen (secondary N) is 1. The van der Waals surface area contributed by atoms with Crippen LogP contribution in [0.15, 0.2) is 39.5 Å². The summed E-state index contributed by atoms with van der Waals surface area (Å²) in [5.41, 5.74) is 0.218. The summed E-state index contributed by atoms with van der Waals surface area (Å²) in [6.07, 6.45) is 3.72. The maximum absolute atomic E-state index is 11.7. The molecule has 1 N–H and O–H groups in total. The monoisotopic (exact) mass is 296 g/mol. The predicted octanol–water partition coefficient (Wildman–Crippen LogP) is 1.24. The number of amides is 1. The van der Waals surface area contributed by atoms with E-state index in [1.807, 2.05) is 4.72 Å². The fourth-order valence-corrected chi connectivity index (χ4v) is 2.42. The molecule has 0 aliphatic heterocycles. The molecule has 2 heterocycles. The Hall–Kier alpha value is -2.35. The van der Waals surface area contributed by atoms with E-state index in [9.17, 15) is 13.2 Å². The third kappa shape index (κ3) is 4.09. The van der Waals surface area contributed by atoms with Gasteiger partial charge in [0.15, 0.2) is 0 Å². The van der Waals surface area contributed by atoms with Crippen molar-refractivity contribution in [1.82, 2.24) is 9.88 Å². The van der Waals surface area contributed by atoms with Gasteiger partial charge in [-0.25, -0.2) is 13.1 Å². The number of nitrogens with zero attached hydrogens (tertiary/aromatic N) is 1. The van der Waals surface area contributed by atoms with Gasteiger partial charge in [-0.15, -0.1) is 0 Å². The van der Waals surface area contributed by atoms with Crippen molar-refractivity contribution >= 4 is 22.0 Å². The van der Waals surface area contributed by atoms with Crippen LogP contribution < -0.4 is 4.72 Å². The minimum absolute atomic E-state index is 0.218. The first kappa shape index (κ1) is 14.1. The Balaban J connectivity index is 1.95. The smallest absolute Gasteiger partial charge is 0.257 e. The molecule has 2 aromatic rings. The van der Waals surface area contributed by atoms with E-state index in [1.165, 1.54) is 18.4 Å². The number of sulfonamides is 1. The Labute approximate surface area is 115 Å². The maximum atomic E-state index is 11.7. The average molecular weight is 296 g/mol. The quantitative estimate of drug-likeness (QED) is 0.833. The second-order valence-electron chi connectivity index (χ2n) is 4.00. The van der Waals surface area contributed by atoms with Crippen LogP contribution in [0.1, 0.15) is 17.2 Å². The largest absolute Gasteiger partial charge is 0.462 e. The van der Waals surface area contributed by atoms with Crippen molar-refractivity contribution in [2.45, 2.75) is 12.7 Å². The molecule has 2 rings (SSSR count). The van der Waals surface area contributed by atoms with Crippen molar-refractivity contribution in [3.63, 3.8) is 0 Å². The second kappa shape index (κ2) is 5.74. The van der Waals surface area contributed by atoms with E-state index >= 15 is 0 Å². The molecule has 0 saturated heterocycles. The normalized spacial score (nSPS) is 11.8. The highest BCUT2D eigenvalue weighted by Crippen LogP contribution is 2.08. The molecule has 0 bridgehead atoms. The number of carbonyl (C=O) groups is 1. The lowest BCUT2D eigenvalue weighted by atomic mass is 10.4. The van der Waals surface area contributed by atoms with Crippen molar-refractivity contribution < 1.29 is 22.2 Å².